The lowest BCUT2D eigenvalue weighted by atomic mass is 10.00. The molecule has 0 spiro atoms. The van der Waals surface area contributed by atoms with E-state index in [2.05, 4.69) is 20.8 Å². The number of amides is 1. The van der Waals surface area contributed by atoms with Crippen LogP contribution in [-0.4, -0.2) is 18.6 Å². The summed E-state index contributed by atoms with van der Waals surface area (Å²) in [6.45, 7) is 6.92. The van der Waals surface area contributed by atoms with Gasteiger partial charge in [-0.1, -0.05) is 32.9 Å². The van der Waals surface area contributed by atoms with E-state index in [0.29, 0.717) is 6.54 Å². The average Bonchev–Trinajstić information content (AvgIpc) is 2.47. The molecule has 1 unspecified atom stereocenters. The zero-order valence-electron chi connectivity index (χ0n) is 12.1. The molecule has 3 heteroatoms. The van der Waals surface area contributed by atoms with Crippen molar-refractivity contribution in [3.05, 3.63) is 24.3 Å². The minimum absolute atomic E-state index is 0.105. The maximum absolute atomic E-state index is 12.7. The van der Waals surface area contributed by atoms with E-state index < -0.39 is 0 Å². The van der Waals surface area contributed by atoms with Crippen LogP contribution in [-0.2, 0) is 4.79 Å². The molecule has 0 saturated carbocycles. The first-order chi connectivity index (χ1) is 9.21. The Hall–Kier alpha value is -1.51. The molecule has 1 aliphatic rings. The molecule has 1 heterocycles. The van der Waals surface area contributed by atoms with E-state index >= 15 is 0 Å². The van der Waals surface area contributed by atoms with Crippen molar-refractivity contribution in [1.82, 2.24) is 0 Å². The topological polar surface area (TPSA) is 29.5 Å². The van der Waals surface area contributed by atoms with Gasteiger partial charge in [0.15, 0.2) is 0 Å². The van der Waals surface area contributed by atoms with Gasteiger partial charge in [-0.15, -0.1) is 0 Å². The van der Waals surface area contributed by atoms with Gasteiger partial charge < -0.3 is 9.64 Å². The van der Waals surface area contributed by atoms with Crippen LogP contribution in [0.1, 0.15) is 40.0 Å². The monoisotopic (exact) mass is 261 g/mol. The quantitative estimate of drug-likeness (QED) is 0.828. The van der Waals surface area contributed by atoms with Gasteiger partial charge in [0.2, 0.25) is 5.91 Å². The number of hydrogen-bond donors (Lipinski definition) is 0. The van der Waals surface area contributed by atoms with E-state index in [0.717, 1.165) is 30.7 Å². The number of hydrogen-bond acceptors (Lipinski definition) is 2. The molecule has 104 valence electrons. The molecular weight excluding hydrogens is 238 g/mol. The van der Waals surface area contributed by atoms with Crippen molar-refractivity contribution in [2.24, 2.45) is 5.92 Å². The van der Waals surface area contributed by atoms with E-state index in [1.54, 1.807) is 0 Å². The highest BCUT2D eigenvalue weighted by Gasteiger charge is 2.31. The van der Waals surface area contributed by atoms with Crippen LogP contribution >= 0.6 is 0 Å². The molecule has 1 aromatic rings. The molecule has 1 aromatic carbocycles. The lowest BCUT2D eigenvalue weighted by molar-refractivity contribution is -0.123. The largest absolute Gasteiger partial charge is 0.486 e. The minimum atomic E-state index is 0.105. The van der Waals surface area contributed by atoms with Gasteiger partial charge >= 0.3 is 0 Å². The molecule has 0 radical (unpaired) electrons. The summed E-state index contributed by atoms with van der Waals surface area (Å²) >= 11 is 0. The Kier molecular flexibility index (Phi) is 4.46. The highest BCUT2D eigenvalue weighted by Crippen LogP contribution is 2.35. The Balaban J connectivity index is 2.31. The molecule has 0 aromatic heterocycles. The molecule has 0 aliphatic carbocycles. The normalized spacial score (nSPS) is 18.1. The molecule has 3 nitrogen and oxygen atoms in total. The van der Waals surface area contributed by atoms with Crippen LogP contribution in [0.5, 0.6) is 5.75 Å². The minimum Gasteiger partial charge on any atom is -0.486 e. The smallest absolute Gasteiger partial charge is 0.230 e. The van der Waals surface area contributed by atoms with Crippen LogP contribution in [0.15, 0.2) is 24.3 Å². The van der Waals surface area contributed by atoms with Gasteiger partial charge in [0.05, 0.1) is 12.2 Å². The average molecular weight is 261 g/mol. The van der Waals surface area contributed by atoms with Crippen LogP contribution in [0.2, 0.25) is 0 Å². The summed E-state index contributed by atoms with van der Waals surface area (Å²) in [4.78, 5) is 14.6. The number of para-hydroxylation sites is 2. The van der Waals surface area contributed by atoms with E-state index in [9.17, 15) is 4.79 Å². The molecule has 0 bridgehead atoms. The maximum Gasteiger partial charge on any atom is 0.230 e. The molecule has 19 heavy (non-hydrogen) atoms. The number of anilines is 1. The Morgan fingerprint density at radius 2 is 2.00 bits per heavy atom. The number of rotatable bonds is 4. The fraction of sp³-hybridized carbons (Fsp3) is 0.562. The van der Waals surface area contributed by atoms with Gasteiger partial charge in [-0.2, -0.15) is 0 Å². The van der Waals surface area contributed by atoms with Crippen molar-refractivity contribution in [2.75, 3.05) is 11.4 Å². The second-order valence-corrected chi connectivity index (χ2v) is 5.08. The Bertz CT molecular complexity index is 440. The highest BCUT2D eigenvalue weighted by molar-refractivity contribution is 5.96. The van der Waals surface area contributed by atoms with Gasteiger partial charge in [-0.25, -0.2) is 0 Å². The van der Waals surface area contributed by atoms with Crippen molar-refractivity contribution in [2.45, 2.75) is 46.1 Å². The molecule has 0 fully saturated rings. The summed E-state index contributed by atoms with van der Waals surface area (Å²) < 4.78 is 5.91. The summed E-state index contributed by atoms with van der Waals surface area (Å²) in [7, 11) is 0. The van der Waals surface area contributed by atoms with E-state index in [-0.39, 0.29) is 17.9 Å². The first kappa shape index (κ1) is 13.9. The second kappa shape index (κ2) is 6.09. The summed E-state index contributed by atoms with van der Waals surface area (Å²) in [6, 6.07) is 7.84. The Morgan fingerprint density at radius 3 is 2.63 bits per heavy atom. The van der Waals surface area contributed by atoms with Crippen LogP contribution < -0.4 is 9.64 Å². The molecule has 2 rings (SSSR count). The third-order valence-corrected chi connectivity index (χ3v) is 3.89. The summed E-state index contributed by atoms with van der Waals surface area (Å²) in [5, 5.41) is 0. The number of carbonyl (C=O) groups excluding carboxylic acids is 1. The number of benzene rings is 1. The van der Waals surface area contributed by atoms with Crippen molar-refractivity contribution in [3.8, 4) is 5.75 Å². The fourth-order valence-electron chi connectivity index (χ4n) is 2.58. The van der Waals surface area contributed by atoms with Crippen LogP contribution in [0.25, 0.3) is 0 Å². The van der Waals surface area contributed by atoms with Gasteiger partial charge in [-0.3, -0.25) is 4.79 Å². The predicted molar refractivity (Wildman–Crippen MR) is 77.6 cm³/mol. The molecule has 0 N–H and O–H groups in total. The lowest BCUT2D eigenvalue weighted by Gasteiger charge is -2.36. The van der Waals surface area contributed by atoms with Gasteiger partial charge in [0.1, 0.15) is 11.9 Å². The first-order valence-corrected chi connectivity index (χ1v) is 7.28. The molecule has 1 atom stereocenters. The van der Waals surface area contributed by atoms with E-state index in [1.165, 1.54) is 0 Å². The number of fused-ring (bicyclic) bond motifs is 1. The Labute approximate surface area is 115 Å². The number of ether oxygens (including phenoxy) is 1. The third kappa shape index (κ3) is 2.75. The zero-order chi connectivity index (χ0) is 13.8. The number of nitrogens with zero attached hydrogens (tertiary/aromatic N) is 1. The van der Waals surface area contributed by atoms with Crippen molar-refractivity contribution >= 4 is 11.6 Å². The van der Waals surface area contributed by atoms with Crippen LogP contribution in [0.4, 0.5) is 5.69 Å². The van der Waals surface area contributed by atoms with Crippen molar-refractivity contribution in [1.29, 1.82) is 0 Å². The highest BCUT2D eigenvalue weighted by atomic mass is 16.5. The van der Waals surface area contributed by atoms with Crippen LogP contribution in [0, 0.1) is 5.92 Å². The molecule has 1 aliphatic heterocycles. The van der Waals surface area contributed by atoms with E-state index in [1.807, 2.05) is 29.2 Å². The SMILES string of the molecule is CCC1CN(C(=O)C(CC)CC)c2ccccc2O1. The first-order valence-electron chi connectivity index (χ1n) is 7.28. The van der Waals surface area contributed by atoms with Gasteiger partial charge in [0, 0.05) is 5.92 Å². The van der Waals surface area contributed by atoms with Gasteiger partial charge in [0.25, 0.3) is 0 Å². The van der Waals surface area contributed by atoms with Crippen LogP contribution in [0.3, 0.4) is 0 Å². The Morgan fingerprint density at radius 1 is 1.32 bits per heavy atom. The predicted octanol–water partition coefficient (Wildman–Crippen LogP) is 3.63. The lowest BCUT2D eigenvalue weighted by Crippen LogP contribution is -2.45. The van der Waals surface area contributed by atoms with Gasteiger partial charge in [-0.05, 0) is 31.4 Å². The standard InChI is InChI=1S/C16H23NO2/c1-4-12(5-2)16(18)17-11-13(6-3)19-15-10-8-7-9-14(15)17/h7-10,12-13H,4-6,11H2,1-3H3. The van der Waals surface area contributed by atoms with Crippen molar-refractivity contribution < 1.29 is 9.53 Å². The molecule has 1 amide bonds. The fourth-order valence-corrected chi connectivity index (χ4v) is 2.58. The second-order valence-electron chi connectivity index (χ2n) is 5.08. The molecule has 0 saturated heterocycles. The van der Waals surface area contributed by atoms with Crippen molar-refractivity contribution in [3.63, 3.8) is 0 Å². The summed E-state index contributed by atoms with van der Waals surface area (Å²) in [5.74, 6) is 1.18. The summed E-state index contributed by atoms with van der Waals surface area (Å²) in [5.41, 5.74) is 0.920. The van der Waals surface area contributed by atoms with E-state index in [4.69, 9.17) is 4.74 Å². The summed E-state index contributed by atoms with van der Waals surface area (Å²) in [6.07, 6.45) is 2.81. The molecular formula is C16H23NO2. The maximum atomic E-state index is 12.7. The number of carbonyl (C=O) groups is 1. The third-order valence-electron chi connectivity index (χ3n) is 3.89. The zero-order valence-corrected chi connectivity index (χ0v) is 12.1.